The molecular weight excluding hydrogens is 878 g/mol. The molecule has 0 aromatic rings. The van der Waals surface area contributed by atoms with Crippen LogP contribution in [0, 0.1) is 23.7 Å². The van der Waals surface area contributed by atoms with Gasteiger partial charge in [0.1, 0.15) is 54.1 Å². The summed E-state index contributed by atoms with van der Waals surface area (Å²) >= 11 is 0. The Morgan fingerprint density at radius 1 is 0.848 bits per heavy atom. The maximum atomic E-state index is 14.1. The van der Waals surface area contributed by atoms with E-state index in [0.29, 0.717) is 6.42 Å². The van der Waals surface area contributed by atoms with Gasteiger partial charge in [0.25, 0.3) is 0 Å². The van der Waals surface area contributed by atoms with Crippen LogP contribution >= 0.6 is 0 Å². The predicted molar refractivity (Wildman–Crippen MR) is 231 cm³/mol. The van der Waals surface area contributed by atoms with Crippen molar-refractivity contribution in [3.8, 4) is 0 Å². The summed E-state index contributed by atoms with van der Waals surface area (Å²) in [5.41, 5.74) is -4.84. The number of Topliss-reactive ketones (excluding diaryl/α,β-unsaturated/α-hetero) is 1. The summed E-state index contributed by atoms with van der Waals surface area (Å²) in [7, 11) is 5.18. The van der Waals surface area contributed by atoms with Gasteiger partial charge in [0.2, 0.25) is 0 Å². The number of aliphatic hydroxyl groups excluding tert-OH is 9. The first-order valence-electron chi connectivity index (χ1n) is 22.6. The van der Waals surface area contributed by atoms with Gasteiger partial charge < -0.3 is 94.6 Å². The van der Waals surface area contributed by atoms with E-state index < -0.39 is 151 Å². The number of hydrogen-bond acceptors (Lipinski definition) is 21. The molecule has 0 spiro atoms. The number of cyclic esters (lactones) is 1. The second-order valence-electron chi connectivity index (χ2n) is 19.5. The van der Waals surface area contributed by atoms with Crippen molar-refractivity contribution in [3.05, 3.63) is 0 Å². The van der Waals surface area contributed by atoms with E-state index in [2.05, 4.69) is 0 Å². The number of hydrogen-bond donors (Lipinski definition) is 12. The number of carbonyl (C=O) groups is 3. The highest BCUT2D eigenvalue weighted by atomic mass is 16.7. The smallest absolute Gasteiger partial charge is 0.335 e. The molecule has 8 unspecified atom stereocenters. The van der Waals surface area contributed by atoms with Crippen LogP contribution < -0.4 is 0 Å². The number of methoxy groups -OCH3 is 1. The number of carboxylic acids is 1. The second kappa shape index (κ2) is 24.7. The molecule has 388 valence electrons. The van der Waals surface area contributed by atoms with E-state index in [-0.39, 0.29) is 31.4 Å². The van der Waals surface area contributed by atoms with E-state index >= 15 is 0 Å². The molecule has 0 aromatic carbocycles. The molecule has 0 radical (unpaired) electrons. The molecule has 23 atom stereocenters. The minimum Gasteiger partial charge on any atom is -0.479 e. The van der Waals surface area contributed by atoms with Crippen molar-refractivity contribution in [2.45, 2.75) is 210 Å². The number of ether oxygens (including phenoxy) is 6. The fraction of sp³-hybridized carbons (Fsp3) is 0.932. The van der Waals surface area contributed by atoms with Crippen LogP contribution in [0.5, 0.6) is 0 Å². The van der Waals surface area contributed by atoms with Crippen molar-refractivity contribution in [3.63, 3.8) is 0 Å². The van der Waals surface area contributed by atoms with Crippen molar-refractivity contribution in [1.82, 2.24) is 4.90 Å². The monoisotopic (exact) mass is 960 g/mol. The first-order chi connectivity index (χ1) is 30.2. The van der Waals surface area contributed by atoms with Crippen LogP contribution in [0.3, 0.4) is 0 Å². The van der Waals surface area contributed by atoms with E-state index in [1.165, 1.54) is 27.9 Å². The highest BCUT2D eigenvalue weighted by molar-refractivity contribution is 5.83. The molecule has 0 aliphatic carbocycles. The topological polar surface area (TPSA) is 353 Å². The fourth-order valence-corrected chi connectivity index (χ4v) is 9.28. The van der Waals surface area contributed by atoms with Crippen molar-refractivity contribution in [2.24, 2.45) is 23.7 Å². The summed E-state index contributed by atoms with van der Waals surface area (Å²) in [4.78, 5) is 40.0. The van der Waals surface area contributed by atoms with Gasteiger partial charge in [-0.15, -0.1) is 0 Å². The number of likely N-dealkylation sites (N-methyl/N-ethyl adjacent to an activating group) is 1. The Hall–Kier alpha value is -2.07. The quantitative estimate of drug-likeness (QED) is 0.0860. The molecule has 22 nitrogen and oxygen atoms in total. The molecule has 0 amide bonds. The zero-order chi connectivity index (χ0) is 51.1. The number of aliphatic carboxylic acids is 1. The van der Waals surface area contributed by atoms with Gasteiger partial charge in [-0.2, -0.15) is 0 Å². The Bertz CT molecular complexity index is 1540. The molecule has 3 aliphatic heterocycles. The molecule has 3 fully saturated rings. The number of aliphatic hydroxyl groups is 11. The van der Waals surface area contributed by atoms with Crippen LogP contribution in [-0.4, -0.2) is 226 Å². The van der Waals surface area contributed by atoms with Crippen LogP contribution in [-0.2, 0) is 42.8 Å². The normalized spacial score (nSPS) is 43.3. The van der Waals surface area contributed by atoms with Gasteiger partial charge in [0.15, 0.2) is 18.7 Å². The lowest BCUT2D eigenvalue weighted by Crippen LogP contribution is -2.61. The van der Waals surface area contributed by atoms with Crippen LogP contribution in [0.1, 0.15) is 94.9 Å². The lowest BCUT2D eigenvalue weighted by atomic mass is 9.74. The molecule has 3 heterocycles. The third-order valence-corrected chi connectivity index (χ3v) is 13.7. The predicted octanol–water partition coefficient (Wildman–Crippen LogP) is -2.35. The number of carbonyl (C=O) groups excluding carboxylic acids is 2. The molecule has 3 rings (SSSR count). The zero-order valence-electron chi connectivity index (χ0n) is 40.6. The molecule has 66 heavy (non-hydrogen) atoms. The number of nitrogens with zero attached hydrogens (tertiary/aromatic N) is 1. The summed E-state index contributed by atoms with van der Waals surface area (Å²) in [5.74, 6) is -6.76. The molecule has 3 aliphatic rings. The van der Waals surface area contributed by atoms with Gasteiger partial charge in [-0.05, 0) is 74.9 Å². The number of carboxylic acid groups (broad SMARTS) is 1. The van der Waals surface area contributed by atoms with Crippen molar-refractivity contribution in [2.75, 3.05) is 27.8 Å². The summed E-state index contributed by atoms with van der Waals surface area (Å²) in [6.07, 6.45) is -20.0. The van der Waals surface area contributed by atoms with Gasteiger partial charge >= 0.3 is 11.9 Å². The van der Waals surface area contributed by atoms with Gasteiger partial charge in [0, 0.05) is 37.3 Å². The van der Waals surface area contributed by atoms with E-state index in [9.17, 15) is 39.9 Å². The Labute approximate surface area is 387 Å². The maximum Gasteiger partial charge on any atom is 0.335 e. The average Bonchev–Trinajstić information content (AvgIpc) is 3.25. The third kappa shape index (κ3) is 14.3. The van der Waals surface area contributed by atoms with Gasteiger partial charge in [0.05, 0.1) is 54.2 Å². The Kier molecular flexibility index (Phi) is 22.4. The molecule has 3 saturated heterocycles. The molecule has 0 bridgehead atoms. The number of esters is 1. The van der Waals surface area contributed by atoms with Crippen molar-refractivity contribution >= 4 is 17.7 Å². The highest BCUT2D eigenvalue weighted by Crippen LogP contribution is 2.41. The molecule has 22 heteroatoms. The molecule has 0 aromatic heterocycles. The SMILES string of the molecule is CC[C@H]1OC(=O)[C@H](C)[C@@H](OC2CC(C)(OC)C(O)C(C)O2)[C@H](C)[C@@H](OC2OC(C)CC(N(C)C)C2O)[C@](C)(O)C[C@@H](C)C(=O)[C@H](C)[C@@H](O)[C@]1(C)O.O=C(O)[C@H](O)[C@H](O)[C@@H](O)[C@H](O)[C@H](O)CO. The van der Waals surface area contributed by atoms with Crippen LogP contribution in [0.15, 0.2) is 0 Å². The Balaban J connectivity index is 0.000000850. The molecular formula is C44H81NO21. The van der Waals surface area contributed by atoms with E-state index in [1.807, 2.05) is 25.9 Å². The number of rotatable bonds is 13. The Morgan fingerprint density at radius 3 is 1.92 bits per heavy atom. The standard InChI is InChI=1S/C37H67NO13.C7H14O8/c1-14-25-37(10,45)30(41)20(4)27(39)18(2)16-35(8,44)32(51-34-28(40)24(38(11)12)15-19(3)47-34)21(5)29(22(6)33(43)49-25)50-26-17-36(9,46-13)31(42)23(7)48-26;8-1-2(9)3(10)4(11)5(12)6(13)7(14)15/h18-26,28-32,34,40-42,44-45H,14-17H2,1-13H3;2-6,8-13H,1H2,(H,14,15)/t18-,19?,20+,21+,22-,23?,24?,25-,26?,28?,29+,30-,31?,32-,34?,35-,36?,37-;2-,3-,4+,5-,6-/m11/s1. The largest absolute Gasteiger partial charge is 0.479 e. The van der Waals surface area contributed by atoms with Crippen LogP contribution in [0.25, 0.3) is 0 Å². The van der Waals surface area contributed by atoms with Gasteiger partial charge in [-0.25, -0.2) is 4.79 Å². The maximum absolute atomic E-state index is 14.1. The lowest BCUT2D eigenvalue weighted by molar-refractivity contribution is -0.318. The first kappa shape index (κ1) is 60.1. The zero-order valence-corrected chi connectivity index (χ0v) is 40.6. The van der Waals surface area contributed by atoms with Crippen LogP contribution in [0.2, 0.25) is 0 Å². The van der Waals surface area contributed by atoms with E-state index in [4.69, 9.17) is 64.2 Å². The second-order valence-corrected chi connectivity index (χ2v) is 19.5. The van der Waals surface area contributed by atoms with E-state index in [0.717, 1.165) is 0 Å². The molecule has 12 N–H and O–H groups in total. The summed E-state index contributed by atoms with van der Waals surface area (Å²) in [6, 6.07) is -0.324. The average molecular weight is 960 g/mol. The lowest BCUT2D eigenvalue weighted by Gasteiger charge is -2.49. The summed E-state index contributed by atoms with van der Waals surface area (Å²) < 4.78 is 37.1. The third-order valence-electron chi connectivity index (χ3n) is 13.7. The minimum atomic E-state index is -2.29. The fourth-order valence-electron chi connectivity index (χ4n) is 9.28. The van der Waals surface area contributed by atoms with Crippen LogP contribution in [0.4, 0.5) is 0 Å². The van der Waals surface area contributed by atoms with E-state index in [1.54, 1.807) is 41.5 Å². The highest BCUT2D eigenvalue weighted by Gasteiger charge is 2.53. The van der Waals surface area contributed by atoms with Gasteiger partial charge in [-0.1, -0.05) is 27.7 Å². The Morgan fingerprint density at radius 2 is 1.42 bits per heavy atom. The summed E-state index contributed by atoms with van der Waals surface area (Å²) in [5, 5.41) is 119. The van der Waals surface area contributed by atoms with Gasteiger partial charge in [-0.3, -0.25) is 9.59 Å². The summed E-state index contributed by atoms with van der Waals surface area (Å²) in [6.45, 7) is 15.5. The minimum absolute atomic E-state index is 0.0936. The first-order valence-corrected chi connectivity index (χ1v) is 22.6. The van der Waals surface area contributed by atoms with Crippen molar-refractivity contribution in [1.29, 1.82) is 0 Å². The van der Waals surface area contributed by atoms with Crippen molar-refractivity contribution < 1.29 is 104 Å². The number of ketones is 1. The molecule has 0 saturated carbocycles.